The van der Waals surface area contributed by atoms with E-state index in [1.54, 1.807) is 7.11 Å². The topological polar surface area (TPSA) is 18.5 Å². The van der Waals surface area contributed by atoms with Crippen molar-refractivity contribution < 1.29 is 9.47 Å². The van der Waals surface area contributed by atoms with Crippen LogP contribution in [0.2, 0.25) is 0 Å². The maximum atomic E-state index is 5.81. The SMILES string of the molecule is COc1c(Br)c(Br)cc(Oc2ccccc2)c1Br. The van der Waals surface area contributed by atoms with Gasteiger partial charge in [-0.2, -0.15) is 0 Å². The zero-order valence-electron chi connectivity index (χ0n) is 9.41. The second kappa shape index (κ2) is 6.08. The quantitative estimate of drug-likeness (QED) is 0.568. The van der Waals surface area contributed by atoms with Crippen LogP contribution < -0.4 is 9.47 Å². The van der Waals surface area contributed by atoms with E-state index in [-0.39, 0.29) is 0 Å². The van der Waals surface area contributed by atoms with Gasteiger partial charge in [0.25, 0.3) is 0 Å². The van der Waals surface area contributed by atoms with Gasteiger partial charge in [-0.3, -0.25) is 0 Å². The molecular formula is C13H9Br3O2. The highest BCUT2D eigenvalue weighted by Gasteiger charge is 2.15. The fourth-order valence-electron chi connectivity index (χ4n) is 1.43. The van der Waals surface area contributed by atoms with E-state index in [9.17, 15) is 0 Å². The Morgan fingerprint density at radius 3 is 2.22 bits per heavy atom. The highest BCUT2D eigenvalue weighted by Crippen LogP contribution is 2.45. The Bertz CT molecular complexity index is 556. The number of para-hydroxylation sites is 1. The Labute approximate surface area is 131 Å². The summed E-state index contributed by atoms with van der Waals surface area (Å²) in [4.78, 5) is 0. The Morgan fingerprint density at radius 2 is 1.61 bits per heavy atom. The van der Waals surface area contributed by atoms with Gasteiger partial charge >= 0.3 is 0 Å². The van der Waals surface area contributed by atoms with Gasteiger partial charge in [-0.15, -0.1) is 0 Å². The van der Waals surface area contributed by atoms with Crippen molar-refractivity contribution in [1.29, 1.82) is 0 Å². The van der Waals surface area contributed by atoms with Gasteiger partial charge in [0.2, 0.25) is 0 Å². The van der Waals surface area contributed by atoms with Crippen LogP contribution in [0.3, 0.4) is 0 Å². The predicted molar refractivity (Wildman–Crippen MR) is 82.6 cm³/mol. The molecule has 0 bridgehead atoms. The van der Waals surface area contributed by atoms with Gasteiger partial charge in [0.15, 0.2) is 5.75 Å². The van der Waals surface area contributed by atoms with Crippen LogP contribution in [-0.2, 0) is 0 Å². The molecule has 0 aliphatic heterocycles. The number of ether oxygens (including phenoxy) is 2. The minimum absolute atomic E-state index is 0.688. The zero-order chi connectivity index (χ0) is 13.1. The van der Waals surface area contributed by atoms with Crippen LogP contribution in [0.1, 0.15) is 0 Å². The van der Waals surface area contributed by atoms with Crippen molar-refractivity contribution in [3.05, 3.63) is 49.8 Å². The number of rotatable bonds is 3. The van der Waals surface area contributed by atoms with Crippen LogP contribution >= 0.6 is 47.8 Å². The third-order valence-corrected chi connectivity index (χ3v) is 4.95. The Balaban J connectivity index is 2.43. The standard InChI is InChI=1S/C13H9Br3O2/c1-17-13-11(15)9(14)7-10(12(13)16)18-8-5-3-2-4-6-8/h2-7H,1H3. The van der Waals surface area contributed by atoms with E-state index in [4.69, 9.17) is 9.47 Å². The summed E-state index contributed by atoms with van der Waals surface area (Å²) in [7, 11) is 1.61. The summed E-state index contributed by atoms with van der Waals surface area (Å²) >= 11 is 10.4. The van der Waals surface area contributed by atoms with Crippen molar-refractivity contribution >= 4 is 47.8 Å². The average molecular weight is 437 g/mol. The van der Waals surface area contributed by atoms with Gasteiger partial charge in [-0.1, -0.05) is 18.2 Å². The largest absolute Gasteiger partial charge is 0.494 e. The van der Waals surface area contributed by atoms with E-state index < -0.39 is 0 Å². The van der Waals surface area contributed by atoms with Crippen molar-refractivity contribution in [3.8, 4) is 17.2 Å². The first-order valence-electron chi connectivity index (χ1n) is 5.08. The molecule has 0 atom stereocenters. The smallest absolute Gasteiger partial charge is 0.152 e. The summed E-state index contributed by atoms with van der Waals surface area (Å²) in [6, 6.07) is 11.5. The molecule has 0 spiro atoms. The van der Waals surface area contributed by atoms with Crippen LogP contribution in [0.4, 0.5) is 0 Å². The van der Waals surface area contributed by atoms with E-state index in [1.807, 2.05) is 36.4 Å². The molecule has 0 aromatic heterocycles. The molecule has 2 aromatic rings. The van der Waals surface area contributed by atoms with Gasteiger partial charge < -0.3 is 9.47 Å². The molecule has 2 aromatic carbocycles. The lowest BCUT2D eigenvalue weighted by Gasteiger charge is -2.13. The second-order valence-electron chi connectivity index (χ2n) is 3.43. The Hall–Kier alpha value is -0.520. The number of hydrogen-bond acceptors (Lipinski definition) is 2. The molecule has 0 aliphatic carbocycles. The highest BCUT2D eigenvalue weighted by atomic mass is 79.9. The molecule has 0 heterocycles. The molecule has 0 N–H and O–H groups in total. The zero-order valence-corrected chi connectivity index (χ0v) is 14.2. The fourth-order valence-corrected chi connectivity index (χ4v) is 3.11. The molecule has 0 saturated carbocycles. The van der Waals surface area contributed by atoms with E-state index in [1.165, 1.54) is 0 Å². The van der Waals surface area contributed by atoms with Gasteiger partial charge in [0.05, 0.1) is 11.6 Å². The lowest BCUT2D eigenvalue weighted by molar-refractivity contribution is 0.402. The molecular weight excluding hydrogens is 428 g/mol. The molecule has 0 radical (unpaired) electrons. The van der Waals surface area contributed by atoms with E-state index >= 15 is 0 Å². The van der Waals surface area contributed by atoms with Gasteiger partial charge in [0, 0.05) is 4.47 Å². The Kier molecular flexibility index (Phi) is 4.70. The van der Waals surface area contributed by atoms with Crippen molar-refractivity contribution in [3.63, 3.8) is 0 Å². The molecule has 5 heteroatoms. The van der Waals surface area contributed by atoms with Crippen molar-refractivity contribution in [2.75, 3.05) is 7.11 Å². The number of methoxy groups -OCH3 is 1. The van der Waals surface area contributed by atoms with Crippen molar-refractivity contribution in [1.82, 2.24) is 0 Å². The van der Waals surface area contributed by atoms with Crippen LogP contribution in [0, 0.1) is 0 Å². The molecule has 0 fully saturated rings. The monoisotopic (exact) mass is 434 g/mol. The summed E-state index contributed by atoms with van der Waals surface area (Å²) in [5, 5.41) is 0. The summed E-state index contributed by atoms with van der Waals surface area (Å²) < 4.78 is 13.6. The maximum absolute atomic E-state index is 5.81. The number of benzene rings is 2. The van der Waals surface area contributed by atoms with Crippen LogP contribution in [0.5, 0.6) is 17.2 Å². The summed E-state index contributed by atoms with van der Waals surface area (Å²) in [6.07, 6.45) is 0. The first-order chi connectivity index (χ1) is 8.63. The lowest BCUT2D eigenvalue weighted by Crippen LogP contribution is -1.92. The summed E-state index contributed by atoms with van der Waals surface area (Å²) in [5.41, 5.74) is 0. The molecule has 94 valence electrons. The molecule has 0 saturated heterocycles. The van der Waals surface area contributed by atoms with Gasteiger partial charge in [0.1, 0.15) is 16.0 Å². The average Bonchev–Trinajstić information content (AvgIpc) is 2.38. The lowest BCUT2D eigenvalue weighted by atomic mass is 10.3. The van der Waals surface area contributed by atoms with Gasteiger partial charge in [-0.05, 0) is 66.0 Å². The predicted octanol–water partition coefficient (Wildman–Crippen LogP) is 5.78. The number of halogens is 3. The van der Waals surface area contributed by atoms with Crippen molar-refractivity contribution in [2.45, 2.75) is 0 Å². The molecule has 0 amide bonds. The second-order valence-corrected chi connectivity index (χ2v) is 5.87. The number of hydrogen-bond donors (Lipinski definition) is 0. The molecule has 2 nitrogen and oxygen atoms in total. The first-order valence-corrected chi connectivity index (χ1v) is 7.45. The third kappa shape index (κ3) is 2.90. The van der Waals surface area contributed by atoms with E-state index in [2.05, 4.69) is 47.8 Å². The van der Waals surface area contributed by atoms with Crippen LogP contribution in [0.25, 0.3) is 0 Å². The first kappa shape index (κ1) is 13.9. The van der Waals surface area contributed by atoms with E-state index in [0.29, 0.717) is 11.5 Å². The normalized spacial score (nSPS) is 10.2. The summed E-state index contributed by atoms with van der Waals surface area (Å²) in [5.74, 6) is 2.15. The van der Waals surface area contributed by atoms with Gasteiger partial charge in [-0.25, -0.2) is 0 Å². The van der Waals surface area contributed by atoms with Crippen LogP contribution in [0.15, 0.2) is 49.8 Å². The maximum Gasteiger partial charge on any atom is 0.152 e. The fraction of sp³-hybridized carbons (Fsp3) is 0.0769. The summed E-state index contributed by atoms with van der Waals surface area (Å²) in [6.45, 7) is 0. The minimum atomic E-state index is 0.688. The third-order valence-electron chi connectivity index (χ3n) is 2.26. The van der Waals surface area contributed by atoms with Crippen LogP contribution in [-0.4, -0.2) is 7.11 Å². The Morgan fingerprint density at radius 1 is 0.944 bits per heavy atom. The molecule has 0 aliphatic rings. The molecule has 2 rings (SSSR count). The molecule has 18 heavy (non-hydrogen) atoms. The molecule has 0 unspecified atom stereocenters. The highest BCUT2D eigenvalue weighted by molar-refractivity contribution is 9.13. The van der Waals surface area contributed by atoms with E-state index in [0.717, 1.165) is 19.2 Å². The van der Waals surface area contributed by atoms with Crippen molar-refractivity contribution in [2.24, 2.45) is 0 Å². The minimum Gasteiger partial charge on any atom is -0.494 e.